The number of fused-ring (bicyclic) bond motifs is 1. The van der Waals surface area contributed by atoms with Crippen molar-refractivity contribution in [1.29, 1.82) is 0 Å². The Kier molecular flexibility index (Phi) is 4.65. The third-order valence-corrected chi connectivity index (χ3v) is 3.75. The molecular formula is C18H18N2O4. The summed E-state index contributed by atoms with van der Waals surface area (Å²) >= 11 is 0. The van der Waals surface area contributed by atoms with Crippen LogP contribution in [0.3, 0.4) is 0 Å². The summed E-state index contributed by atoms with van der Waals surface area (Å²) in [6, 6.07) is 12.7. The molecule has 1 aliphatic rings. The molecule has 1 aliphatic heterocycles. The van der Waals surface area contributed by atoms with Gasteiger partial charge in [0, 0.05) is 12.1 Å². The standard InChI is InChI=1S/C18H18N2O4/c1-23-15-5-3-2-4-12(15)8-9-19-18(22)13-6-7-16-14(10-13)20-17(21)11-24-16/h2-7,10H,8-9,11H2,1H3,(H,19,22)(H,20,21). The maximum absolute atomic E-state index is 12.3. The molecule has 0 radical (unpaired) electrons. The third-order valence-electron chi connectivity index (χ3n) is 3.75. The van der Waals surface area contributed by atoms with Crippen LogP contribution in [0.1, 0.15) is 15.9 Å². The maximum atomic E-state index is 12.3. The van der Waals surface area contributed by atoms with Gasteiger partial charge >= 0.3 is 0 Å². The van der Waals surface area contributed by atoms with Crippen LogP contribution in [0.25, 0.3) is 0 Å². The Hall–Kier alpha value is -3.02. The Morgan fingerprint density at radius 2 is 2.12 bits per heavy atom. The van der Waals surface area contributed by atoms with E-state index in [0.717, 1.165) is 11.3 Å². The van der Waals surface area contributed by atoms with Crippen LogP contribution in [0.2, 0.25) is 0 Å². The van der Waals surface area contributed by atoms with Crippen molar-refractivity contribution >= 4 is 17.5 Å². The van der Waals surface area contributed by atoms with Crippen molar-refractivity contribution in [2.45, 2.75) is 6.42 Å². The second kappa shape index (κ2) is 7.04. The number of anilines is 1. The van der Waals surface area contributed by atoms with E-state index in [1.165, 1.54) is 0 Å². The molecule has 0 aliphatic carbocycles. The molecular weight excluding hydrogens is 308 g/mol. The second-order valence-corrected chi connectivity index (χ2v) is 5.37. The van der Waals surface area contributed by atoms with Gasteiger partial charge in [0.2, 0.25) is 0 Å². The molecule has 0 saturated carbocycles. The minimum atomic E-state index is -0.226. The Bertz CT molecular complexity index is 773. The van der Waals surface area contributed by atoms with Gasteiger partial charge in [-0.1, -0.05) is 18.2 Å². The van der Waals surface area contributed by atoms with Gasteiger partial charge in [0.05, 0.1) is 12.8 Å². The molecule has 0 saturated heterocycles. The van der Waals surface area contributed by atoms with E-state index in [-0.39, 0.29) is 18.4 Å². The zero-order valence-corrected chi connectivity index (χ0v) is 13.3. The molecule has 0 fully saturated rings. The first kappa shape index (κ1) is 15.9. The molecule has 2 amide bonds. The first-order chi connectivity index (χ1) is 11.7. The molecule has 0 bridgehead atoms. The number of rotatable bonds is 5. The summed E-state index contributed by atoms with van der Waals surface area (Å²) in [6.45, 7) is 0.483. The number of carbonyl (C=O) groups excluding carboxylic acids is 2. The zero-order chi connectivity index (χ0) is 16.9. The Morgan fingerprint density at radius 1 is 1.29 bits per heavy atom. The van der Waals surface area contributed by atoms with Crippen LogP contribution in [0.15, 0.2) is 42.5 Å². The minimum Gasteiger partial charge on any atom is -0.496 e. The lowest BCUT2D eigenvalue weighted by molar-refractivity contribution is -0.118. The molecule has 2 aromatic carbocycles. The van der Waals surface area contributed by atoms with Crippen molar-refractivity contribution in [3.63, 3.8) is 0 Å². The highest BCUT2D eigenvalue weighted by atomic mass is 16.5. The zero-order valence-electron chi connectivity index (χ0n) is 13.3. The van der Waals surface area contributed by atoms with Gasteiger partial charge in [0.15, 0.2) is 6.61 Å². The normalized spacial score (nSPS) is 12.6. The molecule has 2 N–H and O–H groups in total. The number of carbonyl (C=O) groups is 2. The van der Waals surface area contributed by atoms with Crippen LogP contribution in [0, 0.1) is 0 Å². The average molecular weight is 326 g/mol. The molecule has 1 heterocycles. The highest BCUT2D eigenvalue weighted by Crippen LogP contribution is 2.28. The fourth-order valence-electron chi connectivity index (χ4n) is 2.55. The Morgan fingerprint density at radius 3 is 2.96 bits per heavy atom. The van der Waals surface area contributed by atoms with Crippen molar-refractivity contribution in [3.8, 4) is 11.5 Å². The SMILES string of the molecule is COc1ccccc1CCNC(=O)c1ccc2c(c1)NC(=O)CO2. The molecule has 0 spiro atoms. The van der Waals surface area contributed by atoms with E-state index < -0.39 is 0 Å². The second-order valence-electron chi connectivity index (χ2n) is 5.37. The molecule has 2 aromatic rings. The van der Waals surface area contributed by atoms with Crippen LogP contribution < -0.4 is 20.1 Å². The molecule has 6 heteroatoms. The summed E-state index contributed by atoms with van der Waals surface area (Å²) in [4.78, 5) is 23.6. The van der Waals surface area contributed by atoms with Crippen LogP contribution in [-0.2, 0) is 11.2 Å². The van der Waals surface area contributed by atoms with Gasteiger partial charge in [-0.3, -0.25) is 9.59 Å². The fraction of sp³-hybridized carbons (Fsp3) is 0.222. The quantitative estimate of drug-likeness (QED) is 0.881. The van der Waals surface area contributed by atoms with E-state index in [1.54, 1.807) is 25.3 Å². The smallest absolute Gasteiger partial charge is 0.262 e. The predicted molar refractivity (Wildman–Crippen MR) is 89.6 cm³/mol. The molecule has 0 atom stereocenters. The van der Waals surface area contributed by atoms with Gasteiger partial charge in [-0.2, -0.15) is 0 Å². The Balaban J connectivity index is 1.61. The van der Waals surface area contributed by atoms with Gasteiger partial charge in [0.25, 0.3) is 11.8 Å². The van der Waals surface area contributed by atoms with Crippen molar-refractivity contribution < 1.29 is 19.1 Å². The van der Waals surface area contributed by atoms with Gasteiger partial charge in [-0.05, 0) is 36.2 Å². The van der Waals surface area contributed by atoms with E-state index >= 15 is 0 Å². The van der Waals surface area contributed by atoms with E-state index in [4.69, 9.17) is 9.47 Å². The first-order valence-electron chi connectivity index (χ1n) is 7.64. The molecule has 6 nitrogen and oxygen atoms in total. The average Bonchev–Trinajstić information content (AvgIpc) is 2.61. The molecule has 0 aromatic heterocycles. The van der Waals surface area contributed by atoms with Gasteiger partial charge in [-0.25, -0.2) is 0 Å². The summed E-state index contributed by atoms with van der Waals surface area (Å²) in [5.74, 6) is 0.948. The van der Waals surface area contributed by atoms with E-state index in [1.807, 2.05) is 24.3 Å². The van der Waals surface area contributed by atoms with Gasteiger partial charge < -0.3 is 20.1 Å². The summed E-state index contributed by atoms with van der Waals surface area (Å²) in [7, 11) is 1.63. The van der Waals surface area contributed by atoms with Crippen molar-refractivity contribution in [1.82, 2.24) is 5.32 Å². The number of methoxy groups -OCH3 is 1. The largest absolute Gasteiger partial charge is 0.496 e. The van der Waals surface area contributed by atoms with Crippen molar-refractivity contribution in [2.75, 3.05) is 25.6 Å². The number of hydrogen-bond acceptors (Lipinski definition) is 4. The lowest BCUT2D eigenvalue weighted by Gasteiger charge is -2.18. The van der Waals surface area contributed by atoms with E-state index in [2.05, 4.69) is 10.6 Å². The van der Waals surface area contributed by atoms with Crippen LogP contribution in [0.5, 0.6) is 11.5 Å². The molecule has 124 valence electrons. The topological polar surface area (TPSA) is 76.7 Å². The molecule has 24 heavy (non-hydrogen) atoms. The monoisotopic (exact) mass is 326 g/mol. The first-order valence-corrected chi connectivity index (χ1v) is 7.64. The predicted octanol–water partition coefficient (Wildman–Crippen LogP) is 2.00. The lowest BCUT2D eigenvalue weighted by atomic mass is 10.1. The number of amides is 2. The summed E-state index contributed by atoms with van der Waals surface area (Å²) in [5, 5.41) is 5.56. The summed E-state index contributed by atoms with van der Waals surface area (Å²) < 4.78 is 10.6. The fourth-order valence-corrected chi connectivity index (χ4v) is 2.55. The van der Waals surface area contributed by atoms with E-state index in [9.17, 15) is 9.59 Å². The number of benzene rings is 2. The lowest BCUT2D eigenvalue weighted by Crippen LogP contribution is -2.28. The highest BCUT2D eigenvalue weighted by molar-refractivity contribution is 5.99. The number of para-hydroxylation sites is 1. The van der Waals surface area contributed by atoms with E-state index in [0.29, 0.717) is 30.0 Å². The third kappa shape index (κ3) is 3.48. The van der Waals surface area contributed by atoms with Gasteiger partial charge in [-0.15, -0.1) is 0 Å². The van der Waals surface area contributed by atoms with Crippen LogP contribution >= 0.6 is 0 Å². The van der Waals surface area contributed by atoms with Crippen molar-refractivity contribution in [3.05, 3.63) is 53.6 Å². The molecule has 3 rings (SSSR count). The maximum Gasteiger partial charge on any atom is 0.262 e. The highest BCUT2D eigenvalue weighted by Gasteiger charge is 2.17. The minimum absolute atomic E-state index is 0.00253. The number of ether oxygens (including phenoxy) is 2. The summed E-state index contributed by atoms with van der Waals surface area (Å²) in [6.07, 6.45) is 0.667. The van der Waals surface area contributed by atoms with Crippen LogP contribution in [-0.4, -0.2) is 32.1 Å². The molecule has 0 unspecified atom stereocenters. The summed E-state index contributed by atoms with van der Waals surface area (Å²) in [5.41, 5.74) is 2.02. The Labute approximate surface area is 139 Å². The van der Waals surface area contributed by atoms with Gasteiger partial charge in [0.1, 0.15) is 11.5 Å². The number of nitrogens with one attached hydrogen (secondary N) is 2. The van der Waals surface area contributed by atoms with Crippen molar-refractivity contribution in [2.24, 2.45) is 0 Å². The number of hydrogen-bond donors (Lipinski definition) is 2. The van der Waals surface area contributed by atoms with Crippen LogP contribution in [0.4, 0.5) is 5.69 Å².